The summed E-state index contributed by atoms with van der Waals surface area (Å²) in [5.41, 5.74) is 1.19. The molecule has 0 spiro atoms. The van der Waals surface area contributed by atoms with E-state index in [0.29, 0.717) is 31.9 Å². The number of benzene rings is 2. The fraction of sp³-hybridized carbons (Fsp3) is 0.381. The molecule has 1 aliphatic heterocycles. The molecule has 1 N–H and O–H groups in total. The van der Waals surface area contributed by atoms with Gasteiger partial charge in [0.25, 0.3) is 0 Å². The summed E-state index contributed by atoms with van der Waals surface area (Å²) in [6.07, 6.45) is 0.847. The average Bonchev–Trinajstić information content (AvgIpc) is 2.69. The standard InChI is InChI=1S/C21H25NO4/c1-25-19-10-6-5-9-18(19)13-20(24)22-11-12-26-21(15-22,16-23)14-17-7-3-2-4-8-17/h2-10,23H,11-16H2,1H3. The zero-order valence-corrected chi connectivity index (χ0v) is 15.1. The molecule has 138 valence electrons. The minimum absolute atomic E-state index is 0.0173. The first kappa shape index (κ1) is 18.4. The lowest BCUT2D eigenvalue weighted by atomic mass is 9.93. The van der Waals surface area contributed by atoms with Gasteiger partial charge in [-0.3, -0.25) is 4.79 Å². The quantitative estimate of drug-likeness (QED) is 0.862. The van der Waals surface area contributed by atoms with E-state index in [-0.39, 0.29) is 18.9 Å². The summed E-state index contributed by atoms with van der Waals surface area (Å²) in [7, 11) is 1.61. The molecule has 1 fully saturated rings. The van der Waals surface area contributed by atoms with Crippen LogP contribution in [0.3, 0.4) is 0 Å². The molecule has 2 aromatic carbocycles. The number of aliphatic hydroxyl groups excluding tert-OH is 1. The molecule has 0 radical (unpaired) electrons. The first-order valence-electron chi connectivity index (χ1n) is 8.84. The highest BCUT2D eigenvalue weighted by molar-refractivity contribution is 5.79. The third-order valence-corrected chi connectivity index (χ3v) is 4.79. The van der Waals surface area contributed by atoms with Crippen molar-refractivity contribution in [2.24, 2.45) is 0 Å². The second kappa shape index (κ2) is 8.34. The second-order valence-corrected chi connectivity index (χ2v) is 6.66. The van der Waals surface area contributed by atoms with Crippen LogP contribution in [0.4, 0.5) is 0 Å². The maximum absolute atomic E-state index is 12.8. The molecule has 1 unspecified atom stereocenters. The van der Waals surface area contributed by atoms with Crippen molar-refractivity contribution in [2.45, 2.75) is 18.4 Å². The summed E-state index contributed by atoms with van der Waals surface area (Å²) >= 11 is 0. The van der Waals surface area contributed by atoms with Crippen molar-refractivity contribution in [2.75, 3.05) is 33.4 Å². The zero-order chi connectivity index (χ0) is 18.4. The Morgan fingerprint density at radius 1 is 1.19 bits per heavy atom. The van der Waals surface area contributed by atoms with Crippen molar-refractivity contribution < 1.29 is 19.4 Å². The van der Waals surface area contributed by atoms with Gasteiger partial charge in [-0.2, -0.15) is 0 Å². The second-order valence-electron chi connectivity index (χ2n) is 6.66. The molecule has 5 nitrogen and oxygen atoms in total. The van der Waals surface area contributed by atoms with Crippen molar-refractivity contribution in [1.29, 1.82) is 0 Å². The molecular weight excluding hydrogens is 330 g/mol. The molecule has 1 aliphatic rings. The summed E-state index contributed by atoms with van der Waals surface area (Å²) in [6.45, 7) is 1.21. The molecule has 1 saturated heterocycles. The fourth-order valence-corrected chi connectivity index (χ4v) is 3.41. The molecule has 1 amide bonds. The van der Waals surface area contributed by atoms with E-state index >= 15 is 0 Å². The largest absolute Gasteiger partial charge is 0.496 e. The fourth-order valence-electron chi connectivity index (χ4n) is 3.41. The third kappa shape index (κ3) is 4.23. The number of hydrogen-bond donors (Lipinski definition) is 1. The number of aliphatic hydroxyl groups is 1. The number of ether oxygens (including phenoxy) is 2. The first-order chi connectivity index (χ1) is 12.7. The van der Waals surface area contributed by atoms with Crippen LogP contribution in [0.15, 0.2) is 54.6 Å². The van der Waals surface area contributed by atoms with E-state index in [1.165, 1.54) is 0 Å². The first-order valence-corrected chi connectivity index (χ1v) is 8.84. The van der Waals surface area contributed by atoms with Gasteiger partial charge in [-0.25, -0.2) is 0 Å². The highest BCUT2D eigenvalue weighted by Crippen LogP contribution is 2.25. The lowest BCUT2D eigenvalue weighted by Gasteiger charge is -2.42. The summed E-state index contributed by atoms with van der Waals surface area (Å²) in [5, 5.41) is 9.99. The number of morpholine rings is 1. The van der Waals surface area contributed by atoms with E-state index in [1.54, 1.807) is 12.0 Å². The van der Waals surface area contributed by atoms with E-state index in [1.807, 2.05) is 54.6 Å². The molecule has 1 atom stereocenters. The van der Waals surface area contributed by atoms with E-state index in [2.05, 4.69) is 0 Å². The number of methoxy groups -OCH3 is 1. The third-order valence-electron chi connectivity index (χ3n) is 4.79. The summed E-state index contributed by atoms with van der Waals surface area (Å²) < 4.78 is 11.3. The number of nitrogens with zero attached hydrogens (tertiary/aromatic N) is 1. The Morgan fingerprint density at radius 2 is 1.92 bits per heavy atom. The van der Waals surface area contributed by atoms with Crippen LogP contribution in [0.1, 0.15) is 11.1 Å². The SMILES string of the molecule is COc1ccccc1CC(=O)N1CCOC(CO)(Cc2ccccc2)C1. The van der Waals surface area contributed by atoms with Crippen LogP contribution in [0.25, 0.3) is 0 Å². The Morgan fingerprint density at radius 3 is 2.65 bits per heavy atom. The van der Waals surface area contributed by atoms with Gasteiger partial charge in [0.15, 0.2) is 0 Å². The van der Waals surface area contributed by atoms with Gasteiger partial charge in [-0.15, -0.1) is 0 Å². The van der Waals surface area contributed by atoms with Crippen LogP contribution in [0.2, 0.25) is 0 Å². The summed E-state index contributed by atoms with van der Waals surface area (Å²) in [4.78, 5) is 14.6. The van der Waals surface area contributed by atoms with Gasteiger partial charge < -0.3 is 19.5 Å². The molecule has 26 heavy (non-hydrogen) atoms. The molecule has 0 aliphatic carbocycles. The molecule has 0 bridgehead atoms. The van der Waals surface area contributed by atoms with E-state index in [0.717, 1.165) is 11.1 Å². The van der Waals surface area contributed by atoms with Gasteiger partial charge in [0.05, 0.1) is 33.3 Å². The van der Waals surface area contributed by atoms with Crippen LogP contribution < -0.4 is 4.74 Å². The van der Waals surface area contributed by atoms with Crippen molar-refractivity contribution in [3.05, 3.63) is 65.7 Å². The minimum atomic E-state index is -0.754. The van der Waals surface area contributed by atoms with Crippen molar-refractivity contribution in [3.8, 4) is 5.75 Å². The molecule has 0 saturated carbocycles. The normalized spacial score (nSPS) is 20.0. The molecule has 3 rings (SSSR count). The van der Waals surface area contributed by atoms with E-state index in [4.69, 9.17) is 9.47 Å². The Balaban J connectivity index is 1.71. The van der Waals surface area contributed by atoms with Gasteiger partial charge in [-0.1, -0.05) is 48.5 Å². The van der Waals surface area contributed by atoms with Crippen LogP contribution in [-0.2, 0) is 22.4 Å². The lowest BCUT2D eigenvalue weighted by molar-refractivity contribution is -0.157. The minimum Gasteiger partial charge on any atom is -0.496 e. The van der Waals surface area contributed by atoms with Crippen LogP contribution in [-0.4, -0.2) is 54.9 Å². The summed E-state index contributed by atoms with van der Waals surface area (Å²) in [5.74, 6) is 0.732. The van der Waals surface area contributed by atoms with Gasteiger partial charge in [0.1, 0.15) is 11.4 Å². The molecule has 1 heterocycles. The predicted molar refractivity (Wildman–Crippen MR) is 99.2 cm³/mol. The molecular formula is C21H25NO4. The maximum atomic E-state index is 12.8. The highest BCUT2D eigenvalue weighted by atomic mass is 16.5. The molecule has 2 aromatic rings. The summed E-state index contributed by atoms with van der Waals surface area (Å²) in [6, 6.07) is 17.5. The lowest BCUT2D eigenvalue weighted by Crippen LogP contribution is -2.57. The smallest absolute Gasteiger partial charge is 0.227 e. The predicted octanol–water partition coefficient (Wildman–Crippen LogP) is 2.07. The Hall–Kier alpha value is -2.37. The van der Waals surface area contributed by atoms with Crippen LogP contribution >= 0.6 is 0 Å². The number of hydrogen-bond acceptors (Lipinski definition) is 4. The maximum Gasteiger partial charge on any atom is 0.227 e. The van der Waals surface area contributed by atoms with Gasteiger partial charge >= 0.3 is 0 Å². The number of amides is 1. The van der Waals surface area contributed by atoms with Gasteiger partial charge in [0, 0.05) is 18.5 Å². The molecule has 5 heteroatoms. The number of carbonyl (C=O) groups excluding carboxylic acids is 1. The Bertz CT molecular complexity index is 734. The highest BCUT2D eigenvalue weighted by Gasteiger charge is 2.38. The average molecular weight is 355 g/mol. The van der Waals surface area contributed by atoms with Gasteiger partial charge in [-0.05, 0) is 11.6 Å². The van der Waals surface area contributed by atoms with Crippen molar-refractivity contribution in [1.82, 2.24) is 4.90 Å². The zero-order valence-electron chi connectivity index (χ0n) is 15.1. The topological polar surface area (TPSA) is 59.0 Å². The van der Waals surface area contributed by atoms with Gasteiger partial charge in [0.2, 0.25) is 5.91 Å². The Labute approximate surface area is 154 Å². The number of para-hydroxylation sites is 1. The Kier molecular flexibility index (Phi) is 5.91. The monoisotopic (exact) mass is 355 g/mol. The van der Waals surface area contributed by atoms with Crippen LogP contribution in [0, 0.1) is 0 Å². The number of rotatable bonds is 6. The molecule has 0 aromatic heterocycles. The van der Waals surface area contributed by atoms with E-state index in [9.17, 15) is 9.90 Å². The van der Waals surface area contributed by atoms with Crippen molar-refractivity contribution in [3.63, 3.8) is 0 Å². The van der Waals surface area contributed by atoms with Crippen molar-refractivity contribution >= 4 is 5.91 Å². The van der Waals surface area contributed by atoms with E-state index < -0.39 is 5.60 Å². The number of carbonyl (C=O) groups is 1. The van der Waals surface area contributed by atoms with Crippen LogP contribution in [0.5, 0.6) is 5.75 Å².